The summed E-state index contributed by atoms with van der Waals surface area (Å²) in [5.74, 6) is 0. The van der Waals surface area contributed by atoms with Crippen molar-refractivity contribution in [3.63, 3.8) is 0 Å². The van der Waals surface area contributed by atoms with E-state index in [1.807, 2.05) is 20.8 Å². The largest absolute Gasteiger partial charge is 0.392 e. The molecule has 0 aliphatic rings. The van der Waals surface area contributed by atoms with Gasteiger partial charge in [0.15, 0.2) is 0 Å². The zero-order valence-electron chi connectivity index (χ0n) is 11.8. The molecule has 0 saturated carbocycles. The van der Waals surface area contributed by atoms with Crippen LogP contribution in [0, 0.1) is 0 Å². The van der Waals surface area contributed by atoms with E-state index >= 15 is 0 Å². The molecule has 0 unspecified atom stereocenters. The Balaban J connectivity index is 3.18. The SMILES string of the molecule is CCc1ccc(CO)cc1S(=O)(=O)NC(CC)CC. The summed E-state index contributed by atoms with van der Waals surface area (Å²) in [5, 5.41) is 9.15. The molecule has 19 heavy (non-hydrogen) atoms. The van der Waals surface area contributed by atoms with Crippen molar-refractivity contribution < 1.29 is 13.5 Å². The Morgan fingerprint density at radius 3 is 2.32 bits per heavy atom. The fourth-order valence-corrected chi connectivity index (χ4v) is 3.74. The number of hydrogen-bond acceptors (Lipinski definition) is 3. The van der Waals surface area contributed by atoms with Crippen molar-refractivity contribution in [2.24, 2.45) is 0 Å². The van der Waals surface area contributed by atoms with Gasteiger partial charge in [0.2, 0.25) is 10.0 Å². The fourth-order valence-electron chi connectivity index (χ4n) is 1.98. The standard InChI is InChI=1S/C14H23NO3S/c1-4-12-8-7-11(10-16)9-14(12)19(17,18)15-13(5-2)6-3/h7-9,13,15-16H,4-6,10H2,1-3H3. The van der Waals surface area contributed by atoms with Crippen LogP contribution in [0.4, 0.5) is 0 Å². The third-order valence-corrected chi connectivity index (χ3v) is 4.89. The van der Waals surface area contributed by atoms with Crippen LogP contribution in [0.1, 0.15) is 44.7 Å². The van der Waals surface area contributed by atoms with Crippen molar-refractivity contribution in [3.8, 4) is 0 Å². The molecule has 0 bridgehead atoms. The summed E-state index contributed by atoms with van der Waals surface area (Å²) in [4.78, 5) is 0.286. The van der Waals surface area contributed by atoms with Crippen LogP contribution < -0.4 is 4.72 Å². The first-order chi connectivity index (χ1) is 8.98. The second-order valence-corrected chi connectivity index (χ2v) is 6.27. The number of aliphatic hydroxyl groups is 1. The van der Waals surface area contributed by atoms with E-state index in [9.17, 15) is 8.42 Å². The molecule has 4 nitrogen and oxygen atoms in total. The van der Waals surface area contributed by atoms with Gasteiger partial charge < -0.3 is 5.11 Å². The minimum Gasteiger partial charge on any atom is -0.392 e. The van der Waals surface area contributed by atoms with Crippen LogP contribution >= 0.6 is 0 Å². The van der Waals surface area contributed by atoms with E-state index in [1.165, 1.54) is 0 Å². The quantitative estimate of drug-likeness (QED) is 0.807. The molecule has 1 aromatic rings. The molecule has 108 valence electrons. The highest BCUT2D eigenvalue weighted by molar-refractivity contribution is 7.89. The van der Waals surface area contributed by atoms with Crippen LogP contribution in [-0.2, 0) is 23.1 Å². The third kappa shape index (κ3) is 4.03. The van der Waals surface area contributed by atoms with Gasteiger partial charge in [-0.1, -0.05) is 32.9 Å². The molecular formula is C14H23NO3S. The van der Waals surface area contributed by atoms with Crippen molar-refractivity contribution in [3.05, 3.63) is 29.3 Å². The van der Waals surface area contributed by atoms with E-state index < -0.39 is 10.0 Å². The molecule has 5 heteroatoms. The fraction of sp³-hybridized carbons (Fsp3) is 0.571. The number of benzene rings is 1. The number of sulfonamides is 1. The molecule has 0 atom stereocenters. The van der Waals surface area contributed by atoms with E-state index in [0.29, 0.717) is 12.0 Å². The summed E-state index contributed by atoms with van der Waals surface area (Å²) in [6, 6.07) is 5.04. The Labute approximate surface area is 115 Å². The summed E-state index contributed by atoms with van der Waals surface area (Å²) in [7, 11) is -3.52. The summed E-state index contributed by atoms with van der Waals surface area (Å²) in [6.45, 7) is 5.69. The minimum atomic E-state index is -3.52. The van der Waals surface area contributed by atoms with E-state index in [4.69, 9.17) is 5.11 Å². The average molecular weight is 285 g/mol. The van der Waals surface area contributed by atoms with Crippen LogP contribution in [0.25, 0.3) is 0 Å². The van der Waals surface area contributed by atoms with Gasteiger partial charge in [-0.15, -0.1) is 0 Å². The number of aliphatic hydroxyl groups excluding tert-OH is 1. The van der Waals surface area contributed by atoms with Gasteiger partial charge in [-0.3, -0.25) is 0 Å². The zero-order chi connectivity index (χ0) is 14.5. The predicted molar refractivity (Wildman–Crippen MR) is 76.4 cm³/mol. The molecule has 0 heterocycles. The third-order valence-electron chi connectivity index (χ3n) is 3.29. The van der Waals surface area contributed by atoms with Gasteiger partial charge in [0.05, 0.1) is 11.5 Å². The molecule has 1 rings (SSSR count). The number of nitrogens with one attached hydrogen (secondary N) is 1. The van der Waals surface area contributed by atoms with Crippen molar-refractivity contribution >= 4 is 10.0 Å². The number of hydrogen-bond donors (Lipinski definition) is 2. The maximum atomic E-state index is 12.4. The normalized spacial score (nSPS) is 12.1. The molecule has 0 aliphatic heterocycles. The van der Waals surface area contributed by atoms with Crippen molar-refractivity contribution in [1.82, 2.24) is 4.72 Å². The average Bonchev–Trinajstić information content (AvgIpc) is 2.43. The highest BCUT2D eigenvalue weighted by atomic mass is 32.2. The smallest absolute Gasteiger partial charge is 0.241 e. The molecule has 0 aromatic heterocycles. The minimum absolute atomic E-state index is 0.0486. The van der Waals surface area contributed by atoms with E-state index in [-0.39, 0.29) is 17.5 Å². The topological polar surface area (TPSA) is 66.4 Å². The van der Waals surface area contributed by atoms with Gasteiger partial charge in [0.1, 0.15) is 0 Å². The van der Waals surface area contributed by atoms with Gasteiger partial charge in [-0.05, 0) is 36.5 Å². The molecule has 2 N–H and O–H groups in total. The summed E-state index contributed by atoms with van der Waals surface area (Å²) in [5.41, 5.74) is 1.39. The highest BCUT2D eigenvalue weighted by Crippen LogP contribution is 2.19. The Kier molecular flexibility index (Phi) is 5.97. The first-order valence-corrected chi connectivity index (χ1v) is 8.21. The van der Waals surface area contributed by atoms with Gasteiger partial charge >= 0.3 is 0 Å². The van der Waals surface area contributed by atoms with Gasteiger partial charge in [-0.2, -0.15) is 0 Å². The summed E-state index contributed by atoms with van der Waals surface area (Å²) >= 11 is 0. The Morgan fingerprint density at radius 1 is 1.21 bits per heavy atom. The predicted octanol–water partition coefficient (Wildman–Crippen LogP) is 2.21. The highest BCUT2D eigenvalue weighted by Gasteiger charge is 2.21. The van der Waals surface area contributed by atoms with Gasteiger partial charge in [0.25, 0.3) is 0 Å². The summed E-state index contributed by atoms with van der Waals surface area (Å²) in [6.07, 6.45) is 2.17. The van der Waals surface area contributed by atoms with Crippen LogP contribution in [0.2, 0.25) is 0 Å². The Bertz CT molecular complexity index is 507. The second-order valence-electron chi connectivity index (χ2n) is 4.59. The maximum Gasteiger partial charge on any atom is 0.241 e. The molecule has 1 aromatic carbocycles. The zero-order valence-corrected chi connectivity index (χ0v) is 12.6. The molecule has 0 saturated heterocycles. The maximum absolute atomic E-state index is 12.4. The molecule has 0 aliphatic carbocycles. The van der Waals surface area contributed by atoms with Gasteiger partial charge in [-0.25, -0.2) is 13.1 Å². The number of rotatable bonds is 7. The summed E-state index contributed by atoms with van der Waals surface area (Å²) < 4.78 is 27.6. The first-order valence-electron chi connectivity index (χ1n) is 6.73. The van der Waals surface area contributed by atoms with E-state index in [2.05, 4.69) is 4.72 Å². The van der Waals surface area contributed by atoms with E-state index in [0.717, 1.165) is 18.4 Å². The lowest BCUT2D eigenvalue weighted by Crippen LogP contribution is -2.34. The first kappa shape index (κ1) is 16.1. The lowest BCUT2D eigenvalue weighted by Gasteiger charge is -2.17. The molecule has 0 spiro atoms. The van der Waals surface area contributed by atoms with Gasteiger partial charge in [0, 0.05) is 6.04 Å². The molecule has 0 amide bonds. The van der Waals surface area contributed by atoms with Crippen molar-refractivity contribution in [2.75, 3.05) is 0 Å². The second kappa shape index (κ2) is 7.03. The van der Waals surface area contributed by atoms with E-state index in [1.54, 1.807) is 18.2 Å². The Hall–Kier alpha value is -0.910. The van der Waals surface area contributed by atoms with Crippen LogP contribution in [0.15, 0.2) is 23.1 Å². The molecule has 0 radical (unpaired) electrons. The van der Waals surface area contributed by atoms with Crippen LogP contribution in [0.3, 0.4) is 0 Å². The van der Waals surface area contributed by atoms with Crippen molar-refractivity contribution in [2.45, 2.75) is 57.6 Å². The van der Waals surface area contributed by atoms with Crippen LogP contribution in [0.5, 0.6) is 0 Å². The lowest BCUT2D eigenvalue weighted by atomic mass is 10.1. The lowest BCUT2D eigenvalue weighted by molar-refractivity contribution is 0.281. The molecule has 0 fully saturated rings. The monoisotopic (exact) mass is 285 g/mol. The molecular weight excluding hydrogens is 262 g/mol. The van der Waals surface area contributed by atoms with Crippen molar-refractivity contribution in [1.29, 1.82) is 0 Å². The van der Waals surface area contributed by atoms with Crippen LogP contribution in [-0.4, -0.2) is 19.6 Å². The Morgan fingerprint density at radius 2 is 1.84 bits per heavy atom. The number of aryl methyl sites for hydroxylation is 1.